The van der Waals surface area contributed by atoms with Crippen LogP contribution < -0.4 is 5.32 Å². The molecule has 0 spiro atoms. The number of hydrogen-bond donors (Lipinski definition) is 1. The van der Waals surface area contributed by atoms with Crippen molar-refractivity contribution in [1.29, 1.82) is 0 Å². The Bertz CT molecular complexity index is 97.0. The monoisotopic (exact) mass is 257 g/mol. The molecule has 1 N–H and O–H groups in total. The molecule has 0 rings (SSSR count). The molecule has 1 unspecified atom stereocenters. The van der Waals surface area contributed by atoms with Gasteiger partial charge in [-0.1, -0.05) is 31.9 Å². The molecule has 0 aromatic rings. The van der Waals surface area contributed by atoms with Gasteiger partial charge in [0.05, 0.1) is 0 Å². The predicted octanol–water partition coefficient (Wildman–Crippen LogP) is 1.28. The third kappa shape index (κ3) is 6.31. The molecule has 0 aliphatic rings. The summed E-state index contributed by atoms with van der Waals surface area (Å²) in [7, 11) is 0. The van der Waals surface area contributed by atoms with E-state index in [9.17, 15) is 4.79 Å². The highest BCUT2D eigenvalue weighted by Crippen LogP contribution is 2.00. The number of alkyl halides is 2. The fraction of sp³-hybridized carbons (Fsp3) is 0.800. The number of nitrogens with one attached hydrogen (secondary N) is 1. The topological polar surface area (TPSA) is 29.1 Å². The molecule has 0 fully saturated rings. The Morgan fingerprint density at radius 3 is 2.67 bits per heavy atom. The molecule has 1 amide bonds. The Labute approximate surface area is 71.6 Å². The number of carbonyl (C=O) groups is 1. The minimum atomic E-state index is 0.0143. The zero-order valence-electron chi connectivity index (χ0n) is 5.16. The van der Waals surface area contributed by atoms with Gasteiger partial charge >= 0.3 is 0 Å². The molecule has 2 nitrogen and oxygen atoms in total. The molecule has 0 radical (unpaired) electrons. The van der Waals surface area contributed by atoms with Gasteiger partial charge in [-0.2, -0.15) is 0 Å². The van der Waals surface area contributed by atoms with Gasteiger partial charge in [-0.15, -0.1) is 0 Å². The minimum Gasteiger partial charge on any atom is -0.355 e. The fourth-order valence-electron chi connectivity index (χ4n) is 0.309. The van der Waals surface area contributed by atoms with Crippen LogP contribution in [0.3, 0.4) is 0 Å². The Hall–Kier alpha value is 0.430. The van der Waals surface area contributed by atoms with E-state index >= 15 is 0 Å². The lowest BCUT2D eigenvalue weighted by molar-refractivity contribution is -0.118. The molecule has 0 bridgehead atoms. The van der Waals surface area contributed by atoms with Crippen molar-refractivity contribution in [3.05, 3.63) is 0 Å². The summed E-state index contributed by atoms with van der Waals surface area (Å²) in [6, 6.07) is 0. The molecule has 9 heavy (non-hydrogen) atoms. The van der Waals surface area contributed by atoms with Crippen molar-refractivity contribution >= 4 is 37.8 Å². The van der Waals surface area contributed by atoms with E-state index in [0.29, 0.717) is 11.4 Å². The van der Waals surface area contributed by atoms with E-state index in [-0.39, 0.29) is 5.91 Å². The predicted molar refractivity (Wildman–Crippen MR) is 45.2 cm³/mol. The van der Waals surface area contributed by atoms with Gasteiger partial charge in [-0.25, -0.2) is 0 Å². The van der Waals surface area contributed by atoms with Crippen LogP contribution in [0.4, 0.5) is 0 Å². The number of rotatable bonds is 3. The van der Waals surface area contributed by atoms with Crippen molar-refractivity contribution in [1.82, 2.24) is 5.32 Å². The Morgan fingerprint density at radius 1 is 1.78 bits per heavy atom. The van der Waals surface area contributed by atoms with Crippen LogP contribution in [0, 0.1) is 0 Å². The van der Waals surface area contributed by atoms with E-state index in [1.54, 1.807) is 0 Å². The van der Waals surface area contributed by atoms with E-state index in [0.717, 1.165) is 5.33 Å². The van der Waals surface area contributed by atoms with Crippen LogP contribution >= 0.6 is 31.9 Å². The third-order valence-electron chi connectivity index (χ3n) is 0.740. The first kappa shape index (κ1) is 9.43. The van der Waals surface area contributed by atoms with Gasteiger partial charge in [0, 0.05) is 23.6 Å². The normalized spacial score (nSPS) is 12.8. The van der Waals surface area contributed by atoms with E-state index < -0.39 is 0 Å². The molecule has 4 heteroatoms. The smallest absolute Gasteiger partial charge is 0.216 e. The summed E-state index contributed by atoms with van der Waals surface area (Å²) in [4.78, 5) is 10.7. The maximum absolute atomic E-state index is 10.3. The Balaban J connectivity index is 3.16. The molecule has 0 heterocycles. The maximum atomic E-state index is 10.3. The lowest BCUT2D eigenvalue weighted by atomic mass is 10.5. The first-order chi connectivity index (χ1) is 4.16. The van der Waals surface area contributed by atoms with Crippen LogP contribution in [0.1, 0.15) is 6.92 Å². The van der Waals surface area contributed by atoms with Crippen molar-refractivity contribution in [3.8, 4) is 0 Å². The Kier molecular flexibility index (Phi) is 5.48. The van der Waals surface area contributed by atoms with Crippen molar-refractivity contribution < 1.29 is 4.79 Å². The molecular formula is C5H9Br2NO. The molecule has 0 aromatic heterocycles. The van der Waals surface area contributed by atoms with Gasteiger partial charge in [-0.3, -0.25) is 4.79 Å². The quantitative estimate of drug-likeness (QED) is 0.760. The van der Waals surface area contributed by atoms with Gasteiger partial charge in [0.25, 0.3) is 0 Å². The zero-order chi connectivity index (χ0) is 7.28. The summed E-state index contributed by atoms with van der Waals surface area (Å²) in [5.41, 5.74) is 0. The van der Waals surface area contributed by atoms with E-state index in [4.69, 9.17) is 0 Å². The first-order valence-corrected chi connectivity index (χ1v) is 4.65. The Morgan fingerprint density at radius 2 is 2.33 bits per heavy atom. The first-order valence-electron chi connectivity index (χ1n) is 2.61. The van der Waals surface area contributed by atoms with Crippen LogP contribution in [-0.4, -0.2) is 22.6 Å². The molecule has 54 valence electrons. The second kappa shape index (κ2) is 5.23. The second-order valence-corrected chi connectivity index (χ2v) is 3.63. The van der Waals surface area contributed by atoms with Crippen molar-refractivity contribution in [2.75, 3.05) is 11.9 Å². The molecular weight excluding hydrogens is 250 g/mol. The van der Waals surface area contributed by atoms with Crippen molar-refractivity contribution in [2.45, 2.75) is 11.8 Å². The average molecular weight is 259 g/mol. The van der Waals surface area contributed by atoms with Crippen LogP contribution in [0.2, 0.25) is 0 Å². The fourth-order valence-corrected chi connectivity index (χ4v) is 0.700. The summed E-state index contributed by atoms with van der Waals surface area (Å²) in [6.45, 7) is 2.19. The number of hydrogen-bond acceptors (Lipinski definition) is 1. The molecule has 0 aliphatic heterocycles. The van der Waals surface area contributed by atoms with Crippen molar-refractivity contribution in [3.63, 3.8) is 0 Å². The molecule has 1 atom stereocenters. The van der Waals surface area contributed by atoms with Crippen LogP contribution in [0.15, 0.2) is 0 Å². The number of halogens is 2. The van der Waals surface area contributed by atoms with E-state index in [1.807, 2.05) is 0 Å². The van der Waals surface area contributed by atoms with Crippen LogP contribution in [-0.2, 0) is 4.79 Å². The van der Waals surface area contributed by atoms with E-state index in [2.05, 4.69) is 37.2 Å². The van der Waals surface area contributed by atoms with Crippen molar-refractivity contribution in [2.24, 2.45) is 0 Å². The highest BCUT2D eigenvalue weighted by atomic mass is 79.9. The molecule has 0 aromatic carbocycles. The highest BCUT2D eigenvalue weighted by Gasteiger charge is 2.00. The summed E-state index contributed by atoms with van der Waals surface area (Å²) < 4.78 is 0. The summed E-state index contributed by atoms with van der Waals surface area (Å²) in [5.74, 6) is 0.0143. The van der Waals surface area contributed by atoms with Gasteiger partial charge in [0.1, 0.15) is 0 Å². The maximum Gasteiger partial charge on any atom is 0.216 e. The highest BCUT2D eigenvalue weighted by molar-refractivity contribution is 9.12. The van der Waals surface area contributed by atoms with E-state index in [1.165, 1.54) is 6.92 Å². The average Bonchev–Trinajstić information content (AvgIpc) is 1.83. The summed E-state index contributed by atoms with van der Waals surface area (Å²) in [5, 5.41) is 3.53. The third-order valence-corrected chi connectivity index (χ3v) is 3.04. The minimum absolute atomic E-state index is 0.0143. The number of carbonyl (C=O) groups excluding carboxylic acids is 1. The SMILES string of the molecule is CC(=O)NCC(Br)CBr. The van der Waals surface area contributed by atoms with Gasteiger partial charge in [0.15, 0.2) is 0 Å². The zero-order valence-corrected chi connectivity index (χ0v) is 8.33. The number of amides is 1. The van der Waals surface area contributed by atoms with Crippen LogP contribution in [0.25, 0.3) is 0 Å². The molecule has 0 saturated carbocycles. The summed E-state index contributed by atoms with van der Waals surface area (Å²) >= 11 is 6.61. The lowest BCUT2D eigenvalue weighted by Crippen LogP contribution is -2.27. The lowest BCUT2D eigenvalue weighted by Gasteiger charge is -2.04. The van der Waals surface area contributed by atoms with Crippen LogP contribution in [0.5, 0.6) is 0 Å². The molecule has 0 aliphatic carbocycles. The van der Waals surface area contributed by atoms with Gasteiger partial charge in [0.2, 0.25) is 5.91 Å². The van der Waals surface area contributed by atoms with Gasteiger partial charge < -0.3 is 5.32 Å². The molecule has 0 saturated heterocycles. The largest absolute Gasteiger partial charge is 0.355 e. The standard InChI is InChI=1S/C5H9Br2NO/c1-4(9)8-3-5(7)2-6/h5H,2-3H2,1H3,(H,8,9). The second-order valence-electron chi connectivity index (χ2n) is 1.69. The van der Waals surface area contributed by atoms with Gasteiger partial charge in [-0.05, 0) is 0 Å². The summed E-state index contributed by atoms with van der Waals surface area (Å²) in [6.07, 6.45) is 0.